The van der Waals surface area contributed by atoms with Crippen LogP contribution < -0.4 is 5.43 Å². The van der Waals surface area contributed by atoms with Crippen LogP contribution in [-0.4, -0.2) is 10.7 Å². The second kappa shape index (κ2) is 6.88. The molecule has 0 aliphatic carbocycles. The van der Waals surface area contributed by atoms with E-state index in [1.54, 1.807) is 12.4 Å². The average Bonchev–Trinajstić information content (AvgIpc) is 2.60. The van der Waals surface area contributed by atoms with Crippen molar-refractivity contribution in [1.82, 2.24) is 4.98 Å². The third-order valence-electron chi connectivity index (χ3n) is 3.89. The zero-order valence-electron chi connectivity index (χ0n) is 13.3. The van der Waals surface area contributed by atoms with Crippen molar-refractivity contribution < 1.29 is 0 Å². The Bertz CT molecular complexity index is 767. The van der Waals surface area contributed by atoms with Gasteiger partial charge in [0.1, 0.15) is 0 Å². The molecule has 0 spiro atoms. The van der Waals surface area contributed by atoms with E-state index in [4.69, 9.17) is 0 Å². The summed E-state index contributed by atoms with van der Waals surface area (Å²) in [7, 11) is 0. The summed E-state index contributed by atoms with van der Waals surface area (Å²) in [6.07, 6.45) is 3.57. The fourth-order valence-electron chi connectivity index (χ4n) is 2.39. The standard InChI is InChI=1S/C20H19N3/c1-15-7-6-10-19(16(15)2)22-23-20(17-8-4-3-5-9-17)18-11-13-21-14-12-18/h3-14,22H,1-2H3/b23-20-. The molecule has 0 aliphatic rings. The van der Waals surface area contributed by atoms with Crippen LogP contribution in [0.3, 0.4) is 0 Å². The number of nitrogens with one attached hydrogen (secondary N) is 1. The second-order valence-corrected chi connectivity index (χ2v) is 5.42. The molecule has 0 fully saturated rings. The van der Waals surface area contributed by atoms with Gasteiger partial charge in [0.15, 0.2) is 0 Å². The summed E-state index contributed by atoms with van der Waals surface area (Å²) in [6, 6.07) is 20.3. The molecule has 114 valence electrons. The Labute approximate surface area is 136 Å². The maximum absolute atomic E-state index is 4.68. The van der Waals surface area contributed by atoms with Crippen molar-refractivity contribution in [2.24, 2.45) is 5.10 Å². The second-order valence-electron chi connectivity index (χ2n) is 5.42. The molecular weight excluding hydrogens is 282 g/mol. The quantitative estimate of drug-likeness (QED) is 0.566. The van der Waals surface area contributed by atoms with Gasteiger partial charge in [0.2, 0.25) is 0 Å². The van der Waals surface area contributed by atoms with E-state index in [2.05, 4.69) is 47.6 Å². The zero-order valence-corrected chi connectivity index (χ0v) is 13.3. The van der Waals surface area contributed by atoms with E-state index in [-0.39, 0.29) is 0 Å². The Hall–Kier alpha value is -2.94. The fourth-order valence-corrected chi connectivity index (χ4v) is 2.39. The Kier molecular flexibility index (Phi) is 4.48. The number of hydrogen-bond acceptors (Lipinski definition) is 3. The van der Waals surface area contributed by atoms with E-state index < -0.39 is 0 Å². The van der Waals surface area contributed by atoms with Crippen molar-refractivity contribution in [2.45, 2.75) is 13.8 Å². The van der Waals surface area contributed by atoms with Crippen LogP contribution in [0.15, 0.2) is 78.2 Å². The molecular formula is C20H19N3. The predicted molar refractivity (Wildman–Crippen MR) is 95.9 cm³/mol. The van der Waals surface area contributed by atoms with Crippen molar-refractivity contribution in [3.05, 3.63) is 95.3 Å². The first kappa shape index (κ1) is 15.0. The number of pyridine rings is 1. The highest BCUT2D eigenvalue weighted by atomic mass is 15.3. The molecule has 1 aromatic heterocycles. The van der Waals surface area contributed by atoms with Gasteiger partial charge in [-0.2, -0.15) is 5.10 Å². The third kappa shape index (κ3) is 3.46. The molecule has 1 heterocycles. The van der Waals surface area contributed by atoms with E-state index in [0.29, 0.717) is 0 Å². The number of hydrazone groups is 1. The molecule has 0 bridgehead atoms. The third-order valence-corrected chi connectivity index (χ3v) is 3.89. The molecule has 0 unspecified atom stereocenters. The van der Waals surface area contributed by atoms with Gasteiger partial charge >= 0.3 is 0 Å². The summed E-state index contributed by atoms with van der Waals surface area (Å²) < 4.78 is 0. The minimum Gasteiger partial charge on any atom is -0.278 e. The fraction of sp³-hybridized carbons (Fsp3) is 0.100. The first-order valence-electron chi connectivity index (χ1n) is 7.61. The molecule has 3 heteroatoms. The van der Waals surface area contributed by atoms with Gasteiger partial charge in [-0.05, 0) is 43.2 Å². The summed E-state index contributed by atoms with van der Waals surface area (Å²) in [6.45, 7) is 4.20. The largest absolute Gasteiger partial charge is 0.278 e. The van der Waals surface area contributed by atoms with E-state index >= 15 is 0 Å². The number of hydrogen-bond donors (Lipinski definition) is 1. The molecule has 3 nitrogen and oxygen atoms in total. The lowest BCUT2D eigenvalue weighted by molar-refractivity contribution is 1.25. The van der Waals surface area contributed by atoms with Crippen LogP contribution >= 0.6 is 0 Å². The summed E-state index contributed by atoms with van der Waals surface area (Å²) in [5, 5.41) is 4.68. The molecule has 0 aliphatic heterocycles. The van der Waals surface area contributed by atoms with Crippen molar-refractivity contribution >= 4 is 11.4 Å². The summed E-state index contributed by atoms with van der Waals surface area (Å²) in [4.78, 5) is 4.09. The van der Waals surface area contributed by atoms with Gasteiger partial charge in [0.25, 0.3) is 0 Å². The number of benzene rings is 2. The average molecular weight is 301 g/mol. The summed E-state index contributed by atoms with van der Waals surface area (Å²) in [5.41, 5.74) is 9.69. The number of aromatic nitrogens is 1. The summed E-state index contributed by atoms with van der Waals surface area (Å²) >= 11 is 0. The van der Waals surface area contributed by atoms with Gasteiger partial charge in [-0.1, -0.05) is 42.5 Å². The van der Waals surface area contributed by atoms with Crippen LogP contribution in [-0.2, 0) is 0 Å². The monoisotopic (exact) mass is 301 g/mol. The topological polar surface area (TPSA) is 37.3 Å². The van der Waals surface area contributed by atoms with E-state index in [1.807, 2.05) is 42.5 Å². The molecule has 0 radical (unpaired) electrons. The van der Waals surface area contributed by atoms with Crippen molar-refractivity contribution in [3.63, 3.8) is 0 Å². The highest BCUT2D eigenvalue weighted by Gasteiger charge is 2.07. The normalized spacial score (nSPS) is 11.3. The first-order chi connectivity index (χ1) is 11.3. The highest BCUT2D eigenvalue weighted by molar-refractivity contribution is 6.13. The zero-order chi connectivity index (χ0) is 16.1. The lowest BCUT2D eigenvalue weighted by atomic mass is 10.0. The molecule has 3 aromatic rings. The van der Waals surface area contributed by atoms with Gasteiger partial charge in [0.05, 0.1) is 11.4 Å². The Morgan fingerprint density at radius 2 is 1.52 bits per heavy atom. The van der Waals surface area contributed by atoms with Crippen molar-refractivity contribution in [2.75, 3.05) is 5.43 Å². The minimum atomic E-state index is 0.897. The highest BCUT2D eigenvalue weighted by Crippen LogP contribution is 2.19. The first-order valence-corrected chi connectivity index (χ1v) is 7.61. The van der Waals surface area contributed by atoms with Crippen LogP contribution in [0.5, 0.6) is 0 Å². The molecule has 0 saturated heterocycles. The van der Waals surface area contributed by atoms with Gasteiger partial charge in [-0.3, -0.25) is 10.4 Å². The lowest BCUT2D eigenvalue weighted by Crippen LogP contribution is -2.07. The van der Waals surface area contributed by atoms with Crippen LogP contribution in [0.25, 0.3) is 0 Å². The number of nitrogens with zero attached hydrogens (tertiary/aromatic N) is 2. The van der Waals surface area contributed by atoms with E-state index in [9.17, 15) is 0 Å². The predicted octanol–water partition coefficient (Wildman–Crippen LogP) is 4.56. The number of rotatable bonds is 4. The lowest BCUT2D eigenvalue weighted by Gasteiger charge is -2.11. The Balaban J connectivity index is 2.00. The maximum Gasteiger partial charge on any atom is 0.0979 e. The smallest absolute Gasteiger partial charge is 0.0979 e. The molecule has 0 saturated carbocycles. The van der Waals surface area contributed by atoms with Gasteiger partial charge in [-0.15, -0.1) is 0 Å². The molecule has 1 N–H and O–H groups in total. The minimum absolute atomic E-state index is 0.897. The van der Waals surface area contributed by atoms with Crippen LogP contribution in [0.1, 0.15) is 22.3 Å². The van der Waals surface area contributed by atoms with E-state index in [0.717, 1.165) is 22.5 Å². The maximum atomic E-state index is 4.68. The molecule has 2 aromatic carbocycles. The molecule has 3 rings (SSSR count). The van der Waals surface area contributed by atoms with Gasteiger partial charge < -0.3 is 0 Å². The Morgan fingerprint density at radius 3 is 2.26 bits per heavy atom. The van der Waals surface area contributed by atoms with Crippen LogP contribution in [0.4, 0.5) is 5.69 Å². The molecule has 0 atom stereocenters. The van der Waals surface area contributed by atoms with Crippen LogP contribution in [0, 0.1) is 13.8 Å². The van der Waals surface area contributed by atoms with Gasteiger partial charge in [-0.25, -0.2) is 0 Å². The van der Waals surface area contributed by atoms with Gasteiger partial charge in [0, 0.05) is 23.5 Å². The number of anilines is 1. The molecule has 23 heavy (non-hydrogen) atoms. The number of aryl methyl sites for hydroxylation is 1. The van der Waals surface area contributed by atoms with Crippen LogP contribution in [0.2, 0.25) is 0 Å². The SMILES string of the molecule is Cc1cccc(N/N=C(/c2ccccc2)c2ccncc2)c1C. The van der Waals surface area contributed by atoms with Crippen molar-refractivity contribution in [3.8, 4) is 0 Å². The summed E-state index contributed by atoms with van der Waals surface area (Å²) in [5.74, 6) is 0. The Morgan fingerprint density at radius 1 is 0.826 bits per heavy atom. The molecule has 0 amide bonds. The van der Waals surface area contributed by atoms with Crippen molar-refractivity contribution in [1.29, 1.82) is 0 Å². The van der Waals surface area contributed by atoms with E-state index in [1.165, 1.54) is 11.1 Å².